The van der Waals surface area contributed by atoms with E-state index in [1.807, 2.05) is 0 Å². The predicted molar refractivity (Wildman–Crippen MR) is 58.3 cm³/mol. The van der Waals surface area contributed by atoms with Gasteiger partial charge in [0.05, 0.1) is 24.2 Å². The van der Waals surface area contributed by atoms with Crippen LogP contribution in [0.4, 0.5) is 0 Å². The Morgan fingerprint density at radius 1 is 1.50 bits per heavy atom. The van der Waals surface area contributed by atoms with E-state index in [2.05, 4.69) is 15.1 Å². The normalized spacial score (nSPS) is 12.4. The maximum absolute atomic E-state index is 5.85. The lowest BCUT2D eigenvalue weighted by atomic mass is 10.2. The third-order valence-corrected chi connectivity index (χ3v) is 2.23. The topological polar surface area (TPSA) is 61.0 Å². The highest BCUT2D eigenvalue weighted by Crippen LogP contribution is 2.28. The van der Waals surface area contributed by atoms with E-state index in [0.717, 1.165) is 0 Å². The Morgan fingerprint density at radius 2 is 2.31 bits per heavy atom. The second-order valence-electron chi connectivity index (χ2n) is 3.15. The summed E-state index contributed by atoms with van der Waals surface area (Å²) in [5.74, 6) is 1.41. The van der Waals surface area contributed by atoms with E-state index in [9.17, 15) is 0 Å². The van der Waals surface area contributed by atoms with Crippen molar-refractivity contribution in [1.29, 1.82) is 0 Å². The maximum atomic E-state index is 5.85. The number of aromatic nitrogens is 3. The van der Waals surface area contributed by atoms with Crippen LogP contribution in [-0.2, 0) is 0 Å². The molecule has 0 saturated carbocycles. The van der Waals surface area contributed by atoms with Crippen LogP contribution >= 0.6 is 11.6 Å². The molecule has 0 amide bonds. The Balaban J connectivity index is 2.42. The van der Waals surface area contributed by atoms with Crippen molar-refractivity contribution >= 4 is 11.6 Å². The molecular formula is C10H10ClN3O2. The summed E-state index contributed by atoms with van der Waals surface area (Å²) in [5, 5.41) is 3.49. The van der Waals surface area contributed by atoms with Gasteiger partial charge in [0.1, 0.15) is 5.75 Å². The fraction of sp³-hybridized carbons (Fsp3) is 0.300. The molecule has 84 valence electrons. The highest BCUT2D eigenvalue weighted by molar-refractivity contribution is 6.20. The second-order valence-corrected chi connectivity index (χ2v) is 3.80. The van der Waals surface area contributed by atoms with Crippen LogP contribution < -0.4 is 4.74 Å². The molecule has 0 bridgehead atoms. The Kier molecular flexibility index (Phi) is 3.05. The van der Waals surface area contributed by atoms with Gasteiger partial charge < -0.3 is 9.26 Å². The highest BCUT2D eigenvalue weighted by atomic mass is 35.5. The number of nitrogens with zero attached hydrogens (tertiary/aromatic N) is 3. The van der Waals surface area contributed by atoms with E-state index in [4.69, 9.17) is 20.9 Å². The second kappa shape index (κ2) is 4.49. The van der Waals surface area contributed by atoms with Crippen LogP contribution in [0, 0.1) is 0 Å². The molecule has 0 aliphatic heterocycles. The molecule has 2 aromatic rings. The average Bonchev–Trinajstić information content (AvgIpc) is 2.78. The van der Waals surface area contributed by atoms with Crippen molar-refractivity contribution in [3.8, 4) is 17.2 Å². The number of ether oxygens (including phenoxy) is 1. The monoisotopic (exact) mass is 239 g/mol. The zero-order chi connectivity index (χ0) is 11.5. The van der Waals surface area contributed by atoms with Gasteiger partial charge in [-0.2, -0.15) is 4.98 Å². The van der Waals surface area contributed by atoms with Gasteiger partial charge in [0.2, 0.25) is 0 Å². The van der Waals surface area contributed by atoms with Crippen molar-refractivity contribution in [1.82, 2.24) is 15.1 Å². The van der Waals surface area contributed by atoms with E-state index in [-0.39, 0.29) is 5.38 Å². The summed E-state index contributed by atoms with van der Waals surface area (Å²) in [6, 6.07) is 1.75. The fourth-order valence-corrected chi connectivity index (χ4v) is 1.31. The van der Waals surface area contributed by atoms with Gasteiger partial charge in [-0.1, -0.05) is 5.16 Å². The van der Waals surface area contributed by atoms with Gasteiger partial charge in [-0.05, 0) is 13.0 Å². The Labute approximate surface area is 97.4 Å². The average molecular weight is 240 g/mol. The van der Waals surface area contributed by atoms with Crippen molar-refractivity contribution in [2.24, 2.45) is 0 Å². The van der Waals surface area contributed by atoms with E-state index in [0.29, 0.717) is 23.0 Å². The Hall–Kier alpha value is -1.62. The molecule has 0 aliphatic carbocycles. The van der Waals surface area contributed by atoms with Crippen molar-refractivity contribution < 1.29 is 9.26 Å². The number of pyridine rings is 1. The first-order chi connectivity index (χ1) is 7.72. The zero-order valence-corrected chi connectivity index (χ0v) is 9.60. The molecule has 0 radical (unpaired) electrons. The number of alkyl halides is 1. The third kappa shape index (κ3) is 1.99. The van der Waals surface area contributed by atoms with Gasteiger partial charge >= 0.3 is 0 Å². The van der Waals surface area contributed by atoms with Gasteiger partial charge in [-0.3, -0.25) is 4.98 Å². The molecule has 1 atom stereocenters. The number of hydrogen-bond acceptors (Lipinski definition) is 5. The van der Waals surface area contributed by atoms with Crippen LogP contribution in [0.2, 0.25) is 0 Å². The summed E-state index contributed by atoms with van der Waals surface area (Å²) >= 11 is 5.85. The molecule has 0 saturated heterocycles. The van der Waals surface area contributed by atoms with Crippen LogP contribution in [-0.4, -0.2) is 22.2 Å². The van der Waals surface area contributed by atoms with Crippen LogP contribution in [0.3, 0.4) is 0 Å². The SMILES string of the molecule is COc1cnccc1-c1nc(C(C)Cl)no1. The Bertz CT molecular complexity index is 484. The molecule has 2 rings (SSSR count). The molecule has 2 aromatic heterocycles. The number of rotatable bonds is 3. The number of methoxy groups -OCH3 is 1. The van der Waals surface area contributed by atoms with Crippen molar-refractivity contribution in [2.45, 2.75) is 12.3 Å². The molecule has 0 N–H and O–H groups in total. The first-order valence-electron chi connectivity index (χ1n) is 4.68. The lowest BCUT2D eigenvalue weighted by Crippen LogP contribution is -1.90. The predicted octanol–water partition coefficient (Wildman–Crippen LogP) is 2.44. The first-order valence-corrected chi connectivity index (χ1v) is 5.12. The first kappa shape index (κ1) is 10.9. The lowest BCUT2D eigenvalue weighted by molar-refractivity contribution is 0.401. The minimum atomic E-state index is -0.287. The van der Waals surface area contributed by atoms with Gasteiger partial charge in [-0.15, -0.1) is 11.6 Å². The van der Waals surface area contributed by atoms with E-state index >= 15 is 0 Å². The summed E-state index contributed by atoms with van der Waals surface area (Å²) in [4.78, 5) is 8.11. The smallest absolute Gasteiger partial charge is 0.261 e. The largest absolute Gasteiger partial charge is 0.494 e. The van der Waals surface area contributed by atoms with Crippen LogP contribution in [0.25, 0.3) is 11.5 Å². The molecule has 1 unspecified atom stereocenters. The molecule has 5 nitrogen and oxygen atoms in total. The number of halogens is 1. The maximum Gasteiger partial charge on any atom is 0.261 e. The van der Waals surface area contributed by atoms with E-state index in [1.165, 1.54) is 0 Å². The molecule has 0 fully saturated rings. The minimum absolute atomic E-state index is 0.287. The standard InChI is InChI=1S/C10H10ClN3O2/c1-6(11)9-13-10(16-14-9)7-3-4-12-5-8(7)15-2/h3-6H,1-2H3. The summed E-state index contributed by atoms with van der Waals surface area (Å²) in [5.41, 5.74) is 0.702. The summed E-state index contributed by atoms with van der Waals surface area (Å²) < 4.78 is 10.2. The zero-order valence-electron chi connectivity index (χ0n) is 8.85. The molecule has 16 heavy (non-hydrogen) atoms. The fourth-order valence-electron chi connectivity index (χ4n) is 1.23. The van der Waals surface area contributed by atoms with Gasteiger partial charge in [0.25, 0.3) is 5.89 Å². The molecule has 0 aromatic carbocycles. The number of hydrogen-bond donors (Lipinski definition) is 0. The quantitative estimate of drug-likeness (QED) is 0.770. The summed E-state index contributed by atoms with van der Waals surface area (Å²) in [6.07, 6.45) is 3.22. The van der Waals surface area contributed by atoms with E-state index in [1.54, 1.807) is 32.5 Å². The molecular weight excluding hydrogens is 230 g/mol. The Morgan fingerprint density at radius 3 is 2.94 bits per heavy atom. The molecule has 0 aliphatic rings. The highest BCUT2D eigenvalue weighted by Gasteiger charge is 2.15. The molecule has 2 heterocycles. The van der Waals surface area contributed by atoms with Crippen molar-refractivity contribution in [3.63, 3.8) is 0 Å². The van der Waals surface area contributed by atoms with Crippen molar-refractivity contribution in [3.05, 3.63) is 24.3 Å². The van der Waals surface area contributed by atoms with Gasteiger partial charge in [0.15, 0.2) is 5.82 Å². The lowest BCUT2D eigenvalue weighted by Gasteiger charge is -2.02. The van der Waals surface area contributed by atoms with Gasteiger partial charge in [0, 0.05) is 6.20 Å². The van der Waals surface area contributed by atoms with Crippen molar-refractivity contribution in [2.75, 3.05) is 7.11 Å². The van der Waals surface area contributed by atoms with Crippen LogP contribution in [0.5, 0.6) is 5.75 Å². The third-order valence-electron chi connectivity index (χ3n) is 2.03. The van der Waals surface area contributed by atoms with E-state index < -0.39 is 0 Å². The minimum Gasteiger partial charge on any atom is -0.494 e. The van der Waals surface area contributed by atoms with Gasteiger partial charge in [-0.25, -0.2) is 0 Å². The van der Waals surface area contributed by atoms with Crippen LogP contribution in [0.1, 0.15) is 18.1 Å². The molecule has 6 heteroatoms. The van der Waals surface area contributed by atoms with Crippen LogP contribution in [0.15, 0.2) is 23.0 Å². The summed E-state index contributed by atoms with van der Waals surface area (Å²) in [6.45, 7) is 1.78. The molecule has 0 spiro atoms. The summed E-state index contributed by atoms with van der Waals surface area (Å²) in [7, 11) is 1.56.